The highest BCUT2D eigenvalue weighted by Crippen LogP contribution is 2.29. The third-order valence-corrected chi connectivity index (χ3v) is 4.03. The Morgan fingerprint density at radius 2 is 1.91 bits per heavy atom. The number of nitrogens with one attached hydrogen (secondary N) is 2. The van der Waals surface area contributed by atoms with Crippen LogP contribution in [-0.2, 0) is 5.41 Å². The van der Waals surface area contributed by atoms with E-state index in [1.165, 1.54) is 18.6 Å². The molecule has 0 aromatic heterocycles. The molecule has 2 N–H and O–H groups in total. The van der Waals surface area contributed by atoms with Gasteiger partial charge in [-0.05, 0) is 37.0 Å². The molecule has 1 aromatic carbocycles. The Labute approximate surface area is 150 Å². The Hall–Kier alpha value is -0.850. The second-order valence-electron chi connectivity index (χ2n) is 6.55. The summed E-state index contributed by atoms with van der Waals surface area (Å²) in [6.45, 7) is 10.1. The van der Waals surface area contributed by atoms with Crippen molar-refractivity contribution in [3.05, 3.63) is 35.6 Å². The number of benzene rings is 1. The van der Waals surface area contributed by atoms with Gasteiger partial charge in [-0.1, -0.05) is 32.9 Å². The van der Waals surface area contributed by atoms with Gasteiger partial charge in [-0.15, -0.1) is 24.0 Å². The molecule has 22 heavy (non-hydrogen) atoms. The minimum absolute atomic E-state index is 0. The van der Waals surface area contributed by atoms with Crippen molar-refractivity contribution in [2.75, 3.05) is 13.1 Å². The standard InChI is InChI=1S/C17H26FN3.HI/c1-5-19-16(21-15-10-12(15)2)20-11-17(3,4)13-6-8-14(18)9-7-13;/h6-9,12,15H,5,10-11H2,1-4H3,(H2,19,20,21);1H. The first-order valence-corrected chi connectivity index (χ1v) is 7.73. The highest BCUT2D eigenvalue weighted by Gasteiger charge is 2.33. The summed E-state index contributed by atoms with van der Waals surface area (Å²) in [7, 11) is 0. The summed E-state index contributed by atoms with van der Waals surface area (Å²) in [6.07, 6.45) is 1.21. The molecule has 1 aromatic rings. The summed E-state index contributed by atoms with van der Waals surface area (Å²) in [5, 5.41) is 6.74. The van der Waals surface area contributed by atoms with Crippen LogP contribution in [0.15, 0.2) is 29.3 Å². The SMILES string of the molecule is CCNC(=NCC(C)(C)c1ccc(F)cc1)NC1CC1C.I. The van der Waals surface area contributed by atoms with E-state index in [9.17, 15) is 4.39 Å². The van der Waals surface area contributed by atoms with Crippen LogP contribution in [0.3, 0.4) is 0 Å². The zero-order chi connectivity index (χ0) is 15.5. The molecule has 5 heteroatoms. The van der Waals surface area contributed by atoms with E-state index < -0.39 is 0 Å². The van der Waals surface area contributed by atoms with Crippen LogP contribution in [0.1, 0.15) is 39.7 Å². The lowest BCUT2D eigenvalue weighted by Gasteiger charge is -2.24. The summed E-state index contributed by atoms with van der Waals surface area (Å²) < 4.78 is 13.0. The summed E-state index contributed by atoms with van der Waals surface area (Å²) in [5.74, 6) is 1.41. The summed E-state index contributed by atoms with van der Waals surface area (Å²) in [4.78, 5) is 4.70. The van der Waals surface area contributed by atoms with Crippen LogP contribution in [0.2, 0.25) is 0 Å². The molecule has 1 fully saturated rings. The second-order valence-corrected chi connectivity index (χ2v) is 6.55. The van der Waals surface area contributed by atoms with Gasteiger partial charge in [-0.2, -0.15) is 0 Å². The number of hydrogen-bond acceptors (Lipinski definition) is 1. The zero-order valence-electron chi connectivity index (χ0n) is 13.8. The van der Waals surface area contributed by atoms with Crippen LogP contribution in [0.25, 0.3) is 0 Å². The quantitative estimate of drug-likeness (QED) is 0.434. The fourth-order valence-corrected chi connectivity index (χ4v) is 2.29. The van der Waals surface area contributed by atoms with Crippen molar-refractivity contribution in [2.45, 2.75) is 45.6 Å². The predicted octanol–water partition coefficient (Wildman–Crippen LogP) is 3.68. The Balaban J connectivity index is 0.00000242. The topological polar surface area (TPSA) is 36.4 Å². The highest BCUT2D eigenvalue weighted by molar-refractivity contribution is 14.0. The van der Waals surface area contributed by atoms with Gasteiger partial charge in [-0.3, -0.25) is 4.99 Å². The highest BCUT2D eigenvalue weighted by atomic mass is 127. The molecule has 0 aliphatic heterocycles. The molecule has 1 aliphatic carbocycles. The minimum atomic E-state index is -0.198. The Bertz CT molecular complexity index is 499. The molecule has 2 atom stereocenters. The Morgan fingerprint density at radius 1 is 1.32 bits per heavy atom. The molecular formula is C17H27FIN3. The van der Waals surface area contributed by atoms with E-state index in [-0.39, 0.29) is 35.2 Å². The predicted molar refractivity (Wildman–Crippen MR) is 102 cm³/mol. The molecule has 1 aliphatic rings. The van der Waals surface area contributed by atoms with Gasteiger partial charge in [-0.25, -0.2) is 4.39 Å². The molecule has 3 nitrogen and oxygen atoms in total. The van der Waals surface area contributed by atoms with Crippen molar-refractivity contribution >= 4 is 29.9 Å². The molecule has 0 heterocycles. The number of nitrogens with zero attached hydrogens (tertiary/aromatic N) is 1. The maximum atomic E-state index is 13.0. The lowest BCUT2D eigenvalue weighted by molar-refractivity contribution is 0.534. The summed E-state index contributed by atoms with van der Waals surface area (Å²) >= 11 is 0. The van der Waals surface area contributed by atoms with Gasteiger partial charge < -0.3 is 10.6 Å². The fourth-order valence-electron chi connectivity index (χ4n) is 2.29. The van der Waals surface area contributed by atoms with Gasteiger partial charge in [0, 0.05) is 18.0 Å². The number of rotatable bonds is 5. The van der Waals surface area contributed by atoms with E-state index in [1.54, 1.807) is 0 Å². The first kappa shape index (κ1) is 19.2. The molecule has 0 bridgehead atoms. The minimum Gasteiger partial charge on any atom is -0.357 e. The van der Waals surface area contributed by atoms with Crippen molar-refractivity contribution in [2.24, 2.45) is 10.9 Å². The van der Waals surface area contributed by atoms with Crippen molar-refractivity contribution in [1.82, 2.24) is 10.6 Å². The third kappa shape index (κ3) is 5.41. The molecule has 2 unspecified atom stereocenters. The van der Waals surface area contributed by atoms with E-state index in [4.69, 9.17) is 4.99 Å². The van der Waals surface area contributed by atoms with Crippen LogP contribution in [0, 0.1) is 11.7 Å². The normalized spacial score (nSPS) is 21.0. The average Bonchev–Trinajstić information content (AvgIpc) is 3.12. The fraction of sp³-hybridized carbons (Fsp3) is 0.588. The second kappa shape index (κ2) is 8.13. The van der Waals surface area contributed by atoms with Crippen molar-refractivity contribution in [3.63, 3.8) is 0 Å². The molecule has 124 valence electrons. The van der Waals surface area contributed by atoms with Crippen molar-refractivity contribution in [3.8, 4) is 0 Å². The van der Waals surface area contributed by atoms with Crippen LogP contribution >= 0.6 is 24.0 Å². The smallest absolute Gasteiger partial charge is 0.191 e. The van der Waals surface area contributed by atoms with Crippen LogP contribution in [0.4, 0.5) is 4.39 Å². The summed E-state index contributed by atoms with van der Waals surface area (Å²) in [5.41, 5.74) is 0.980. The van der Waals surface area contributed by atoms with Crippen molar-refractivity contribution < 1.29 is 4.39 Å². The lowest BCUT2D eigenvalue weighted by atomic mass is 9.85. The number of hydrogen-bond donors (Lipinski definition) is 2. The van der Waals surface area contributed by atoms with Gasteiger partial charge in [0.2, 0.25) is 0 Å². The molecule has 0 amide bonds. The number of halogens is 2. The Kier molecular flexibility index (Phi) is 7.09. The largest absolute Gasteiger partial charge is 0.357 e. The van der Waals surface area contributed by atoms with Crippen LogP contribution < -0.4 is 10.6 Å². The number of guanidine groups is 1. The maximum absolute atomic E-state index is 13.0. The van der Waals surface area contributed by atoms with Gasteiger partial charge >= 0.3 is 0 Å². The first-order chi connectivity index (χ1) is 9.92. The average molecular weight is 419 g/mol. The Morgan fingerprint density at radius 3 is 2.41 bits per heavy atom. The molecular weight excluding hydrogens is 392 g/mol. The zero-order valence-corrected chi connectivity index (χ0v) is 16.1. The first-order valence-electron chi connectivity index (χ1n) is 7.73. The van der Waals surface area contributed by atoms with Gasteiger partial charge in [0.15, 0.2) is 5.96 Å². The summed E-state index contributed by atoms with van der Waals surface area (Å²) in [6, 6.07) is 7.26. The molecule has 0 spiro atoms. The van der Waals surface area contributed by atoms with E-state index in [0.717, 1.165) is 24.0 Å². The molecule has 0 saturated heterocycles. The third-order valence-electron chi connectivity index (χ3n) is 4.03. The molecule has 1 saturated carbocycles. The van der Waals surface area contributed by atoms with Gasteiger partial charge in [0.25, 0.3) is 0 Å². The van der Waals surface area contributed by atoms with Gasteiger partial charge in [0.05, 0.1) is 6.54 Å². The van der Waals surface area contributed by atoms with Gasteiger partial charge in [0.1, 0.15) is 5.82 Å². The molecule has 0 radical (unpaired) electrons. The van der Waals surface area contributed by atoms with E-state index >= 15 is 0 Å². The van der Waals surface area contributed by atoms with E-state index in [0.29, 0.717) is 12.6 Å². The lowest BCUT2D eigenvalue weighted by Crippen LogP contribution is -2.40. The number of aliphatic imine (C=N–C) groups is 1. The monoisotopic (exact) mass is 419 g/mol. The van der Waals surface area contributed by atoms with Crippen molar-refractivity contribution in [1.29, 1.82) is 0 Å². The maximum Gasteiger partial charge on any atom is 0.191 e. The van der Waals surface area contributed by atoms with Crippen LogP contribution in [0.5, 0.6) is 0 Å². The van der Waals surface area contributed by atoms with E-state index in [2.05, 4.69) is 38.3 Å². The molecule has 2 rings (SSSR count). The van der Waals surface area contributed by atoms with E-state index in [1.807, 2.05) is 12.1 Å². The van der Waals surface area contributed by atoms with Crippen LogP contribution in [-0.4, -0.2) is 25.1 Å².